The molecule has 13 rings (SSSR count). The molecule has 63 heavy (non-hydrogen) atoms. The van der Waals surface area contributed by atoms with Crippen molar-refractivity contribution in [2.75, 3.05) is 0 Å². The molecule has 0 saturated heterocycles. The van der Waals surface area contributed by atoms with Crippen LogP contribution in [-0.4, -0.2) is 24.1 Å². The molecule has 0 amide bonds. The first-order valence-electron chi connectivity index (χ1n) is 21.2. The molecule has 0 saturated carbocycles. The van der Waals surface area contributed by atoms with E-state index in [4.69, 9.17) is 19.4 Å². The van der Waals surface area contributed by atoms with Crippen molar-refractivity contribution >= 4 is 65.6 Å². The minimum atomic E-state index is 0.532. The third-order valence-corrected chi connectivity index (χ3v) is 12.4. The van der Waals surface area contributed by atoms with Gasteiger partial charge in [0.2, 0.25) is 5.95 Å². The van der Waals surface area contributed by atoms with Gasteiger partial charge < -0.3 is 8.98 Å². The van der Waals surface area contributed by atoms with Gasteiger partial charge in [-0.2, -0.15) is 9.97 Å². The van der Waals surface area contributed by atoms with Crippen LogP contribution in [0.3, 0.4) is 0 Å². The fourth-order valence-corrected chi connectivity index (χ4v) is 9.47. The molecule has 13 aromatic rings. The van der Waals surface area contributed by atoms with Crippen molar-refractivity contribution < 1.29 is 4.42 Å². The van der Waals surface area contributed by atoms with E-state index in [2.05, 4.69) is 197 Å². The molecule has 0 aliphatic rings. The molecule has 0 N–H and O–H groups in total. The minimum absolute atomic E-state index is 0.532. The molecule has 0 aliphatic carbocycles. The molecule has 9 aromatic carbocycles. The van der Waals surface area contributed by atoms with Crippen LogP contribution in [0.1, 0.15) is 0 Å². The lowest BCUT2D eigenvalue weighted by molar-refractivity contribution is 0.669. The predicted molar refractivity (Wildman–Crippen MR) is 258 cm³/mol. The number of rotatable bonds is 6. The highest BCUT2D eigenvalue weighted by Gasteiger charge is 2.24. The SMILES string of the molecule is c1ccc(-c2cccc(-n3c4ccccc4c4ccc5c6ccccc6n(-c6nc(-c7ccccc7)nc(-c7ccc8c(c7)oc7cc(-c9ccccc9)ccc78)n6)c5c43)c2)cc1. The maximum absolute atomic E-state index is 6.60. The highest BCUT2D eigenvalue weighted by Crippen LogP contribution is 2.42. The van der Waals surface area contributed by atoms with Gasteiger partial charge in [0.05, 0.1) is 22.1 Å². The van der Waals surface area contributed by atoms with Crippen LogP contribution < -0.4 is 0 Å². The number of nitrogens with zero attached hydrogens (tertiary/aromatic N) is 5. The molecule has 4 aromatic heterocycles. The first-order chi connectivity index (χ1) is 31.2. The number of hydrogen-bond donors (Lipinski definition) is 0. The topological polar surface area (TPSA) is 61.7 Å². The lowest BCUT2D eigenvalue weighted by Gasteiger charge is -2.14. The van der Waals surface area contributed by atoms with Gasteiger partial charge in [-0.3, -0.25) is 4.57 Å². The Morgan fingerprint density at radius 1 is 0.302 bits per heavy atom. The molecule has 0 aliphatic heterocycles. The summed E-state index contributed by atoms with van der Waals surface area (Å²) in [5.41, 5.74) is 13.2. The number of benzene rings is 9. The second-order valence-corrected chi connectivity index (χ2v) is 16.0. The minimum Gasteiger partial charge on any atom is -0.456 e. The zero-order valence-electron chi connectivity index (χ0n) is 33.9. The fraction of sp³-hybridized carbons (Fsp3) is 0. The Bertz CT molecular complexity index is 3900. The highest BCUT2D eigenvalue weighted by atomic mass is 16.3. The van der Waals surface area contributed by atoms with Crippen LogP contribution in [0.25, 0.3) is 122 Å². The smallest absolute Gasteiger partial charge is 0.238 e. The molecule has 0 bridgehead atoms. The summed E-state index contributed by atoms with van der Waals surface area (Å²) in [5.74, 6) is 1.67. The van der Waals surface area contributed by atoms with Gasteiger partial charge in [-0.25, -0.2) is 4.98 Å². The van der Waals surface area contributed by atoms with E-state index in [1.54, 1.807) is 0 Å². The average molecular weight is 806 g/mol. The maximum atomic E-state index is 6.60. The molecule has 0 radical (unpaired) electrons. The van der Waals surface area contributed by atoms with Crippen molar-refractivity contribution in [2.45, 2.75) is 0 Å². The lowest BCUT2D eigenvalue weighted by Crippen LogP contribution is -2.07. The summed E-state index contributed by atoms with van der Waals surface area (Å²) >= 11 is 0. The summed E-state index contributed by atoms with van der Waals surface area (Å²) in [5, 5.41) is 6.66. The van der Waals surface area contributed by atoms with Gasteiger partial charge in [0.15, 0.2) is 11.6 Å². The second-order valence-electron chi connectivity index (χ2n) is 16.0. The predicted octanol–water partition coefficient (Wildman–Crippen LogP) is 14.6. The van der Waals surface area contributed by atoms with Crippen molar-refractivity contribution in [1.82, 2.24) is 24.1 Å². The van der Waals surface area contributed by atoms with E-state index in [0.717, 1.165) is 93.7 Å². The van der Waals surface area contributed by atoms with Gasteiger partial charge in [-0.15, -0.1) is 0 Å². The van der Waals surface area contributed by atoms with E-state index in [1.165, 1.54) is 10.9 Å². The van der Waals surface area contributed by atoms with Crippen molar-refractivity contribution in [1.29, 1.82) is 0 Å². The normalized spacial score (nSPS) is 11.8. The zero-order valence-corrected chi connectivity index (χ0v) is 33.9. The maximum Gasteiger partial charge on any atom is 0.238 e. The first kappa shape index (κ1) is 35.2. The molecule has 0 spiro atoms. The molecular formula is C57H35N5O. The summed E-state index contributed by atoms with van der Waals surface area (Å²) in [4.78, 5) is 15.9. The number of aromatic nitrogens is 5. The van der Waals surface area contributed by atoms with Crippen LogP contribution in [0, 0.1) is 0 Å². The Morgan fingerprint density at radius 3 is 1.40 bits per heavy atom. The molecule has 0 fully saturated rings. The van der Waals surface area contributed by atoms with E-state index in [9.17, 15) is 0 Å². The molecular weight excluding hydrogens is 771 g/mol. The number of hydrogen-bond acceptors (Lipinski definition) is 4. The molecule has 294 valence electrons. The van der Waals surface area contributed by atoms with Crippen molar-refractivity contribution in [3.05, 3.63) is 212 Å². The standard InChI is InChI=1S/C57H35N5O/c1-4-15-36(16-5-1)39-21-14-22-42(33-39)61-49-25-12-10-23-43(49)47-31-32-48-44-24-11-13-26-50(44)62(54(48)53(47)61)57-59-55(38-19-8-3-9-20-38)58-56(60-57)41-28-30-46-45-29-27-40(37-17-6-2-7-18-37)34-51(45)63-52(46)35-41/h1-35H. The van der Waals surface area contributed by atoms with Gasteiger partial charge >= 0.3 is 0 Å². The highest BCUT2D eigenvalue weighted by molar-refractivity contribution is 6.23. The Morgan fingerprint density at radius 2 is 0.762 bits per heavy atom. The van der Waals surface area contributed by atoms with Gasteiger partial charge in [-0.1, -0.05) is 164 Å². The largest absolute Gasteiger partial charge is 0.456 e. The van der Waals surface area contributed by atoms with E-state index < -0.39 is 0 Å². The summed E-state index contributed by atoms with van der Waals surface area (Å²) in [6, 6.07) is 74.4. The average Bonchev–Trinajstić information content (AvgIpc) is 4.02. The monoisotopic (exact) mass is 805 g/mol. The van der Waals surface area contributed by atoms with Gasteiger partial charge in [0.1, 0.15) is 11.2 Å². The Hall–Kier alpha value is -8.61. The number of furan rings is 1. The van der Waals surface area contributed by atoms with Crippen molar-refractivity contribution in [3.8, 4) is 56.7 Å². The summed E-state index contributed by atoms with van der Waals surface area (Å²) in [6.45, 7) is 0. The number of fused-ring (bicyclic) bond motifs is 10. The summed E-state index contributed by atoms with van der Waals surface area (Å²) in [7, 11) is 0. The first-order valence-corrected chi connectivity index (χ1v) is 21.2. The van der Waals surface area contributed by atoms with Crippen LogP contribution >= 0.6 is 0 Å². The molecule has 0 unspecified atom stereocenters. The van der Waals surface area contributed by atoms with E-state index in [0.29, 0.717) is 17.6 Å². The summed E-state index contributed by atoms with van der Waals surface area (Å²) in [6.07, 6.45) is 0. The lowest BCUT2D eigenvalue weighted by atomic mass is 10.0. The zero-order chi connectivity index (χ0) is 41.4. The third kappa shape index (κ3) is 5.62. The Labute approximate surface area is 361 Å². The fourth-order valence-electron chi connectivity index (χ4n) is 9.47. The van der Waals surface area contributed by atoms with Crippen LogP contribution in [-0.2, 0) is 0 Å². The molecule has 6 heteroatoms. The van der Waals surface area contributed by atoms with Crippen LogP contribution in [0.4, 0.5) is 0 Å². The van der Waals surface area contributed by atoms with Gasteiger partial charge in [-0.05, 0) is 70.8 Å². The van der Waals surface area contributed by atoms with E-state index >= 15 is 0 Å². The molecule has 4 heterocycles. The second kappa shape index (κ2) is 14.0. The Kier molecular flexibility index (Phi) is 7.80. The molecule has 6 nitrogen and oxygen atoms in total. The van der Waals surface area contributed by atoms with E-state index in [1.807, 2.05) is 24.3 Å². The molecule has 0 atom stereocenters. The Balaban J connectivity index is 1.08. The van der Waals surface area contributed by atoms with Gasteiger partial charge in [0, 0.05) is 49.1 Å². The summed E-state index contributed by atoms with van der Waals surface area (Å²) < 4.78 is 11.3. The van der Waals surface area contributed by atoms with Crippen molar-refractivity contribution in [2.24, 2.45) is 0 Å². The number of para-hydroxylation sites is 2. The third-order valence-electron chi connectivity index (χ3n) is 12.4. The van der Waals surface area contributed by atoms with Crippen LogP contribution in [0.5, 0.6) is 0 Å². The van der Waals surface area contributed by atoms with Crippen LogP contribution in [0.15, 0.2) is 217 Å². The van der Waals surface area contributed by atoms with Crippen molar-refractivity contribution in [3.63, 3.8) is 0 Å². The van der Waals surface area contributed by atoms with Crippen LogP contribution in [0.2, 0.25) is 0 Å². The quantitative estimate of drug-likeness (QED) is 0.168. The van der Waals surface area contributed by atoms with E-state index in [-0.39, 0.29) is 0 Å². The van der Waals surface area contributed by atoms with Gasteiger partial charge in [0.25, 0.3) is 0 Å².